The first kappa shape index (κ1) is 25.5. The van der Waals surface area contributed by atoms with Crippen LogP contribution in [0.15, 0.2) is 48.8 Å². The number of benzene rings is 1. The fourth-order valence-electron chi connectivity index (χ4n) is 4.11. The predicted molar refractivity (Wildman–Crippen MR) is 137 cm³/mol. The van der Waals surface area contributed by atoms with E-state index in [1.54, 1.807) is 17.0 Å². The number of nitrogens with zero attached hydrogens (tertiary/aromatic N) is 4. The van der Waals surface area contributed by atoms with Gasteiger partial charge in [-0.2, -0.15) is 0 Å². The third kappa shape index (κ3) is 6.54. The Morgan fingerprint density at radius 2 is 1.81 bits per heavy atom. The van der Waals surface area contributed by atoms with E-state index in [2.05, 4.69) is 15.2 Å². The van der Waals surface area contributed by atoms with Gasteiger partial charge in [-0.3, -0.25) is 9.69 Å². The molecule has 1 aliphatic heterocycles. The van der Waals surface area contributed by atoms with E-state index in [9.17, 15) is 9.59 Å². The first-order chi connectivity index (χ1) is 17.2. The molecule has 3 aromatic rings. The first-order valence-electron chi connectivity index (χ1n) is 12.3. The van der Waals surface area contributed by atoms with Gasteiger partial charge in [-0.15, -0.1) is 0 Å². The number of carbonyl (C=O) groups excluding carboxylic acids is 2. The lowest BCUT2D eigenvalue weighted by Crippen LogP contribution is -2.51. The summed E-state index contributed by atoms with van der Waals surface area (Å²) in [6, 6.07) is 11.2. The number of rotatable bonds is 7. The summed E-state index contributed by atoms with van der Waals surface area (Å²) >= 11 is 0. The van der Waals surface area contributed by atoms with Crippen LogP contribution in [0, 0.1) is 6.92 Å². The zero-order valence-electron chi connectivity index (χ0n) is 21.5. The number of piperazine rings is 1. The third-order valence-electron chi connectivity index (χ3n) is 5.97. The number of ether oxygens (including phenoxy) is 2. The van der Waals surface area contributed by atoms with Gasteiger partial charge in [0.05, 0.1) is 11.3 Å². The molecule has 0 unspecified atom stereocenters. The molecule has 0 saturated carbocycles. The smallest absolute Gasteiger partial charge is 0.410 e. The molecule has 1 N–H and O–H groups in total. The normalized spacial score (nSPS) is 14.6. The van der Waals surface area contributed by atoms with Crippen molar-refractivity contribution in [2.24, 2.45) is 0 Å². The summed E-state index contributed by atoms with van der Waals surface area (Å²) in [6.07, 6.45) is 3.62. The molecule has 9 heteroatoms. The van der Waals surface area contributed by atoms with Crippen LogP contribution in [0.5, 0.6) is 5.75 Å². The number of amides is 2. The van der Waals surface area contributed by atoms with Crippen LogP contribution < -0.4 is 10.1 Å². The van der Waals surface area contributed by atoms with Gasteiger partial charge in [-0.25, -0.2) is 9.78 Å². The third-order valence-corrected chi connectivity index (χ3v) is 5.97. The van der Waals surface area contributed by atoms with Crippen molar-refractivity contribution < 1.29 is 19.1 Å². The molecule has 2 aromatic heterocycles. The lowest BCUT2D eigenvalue weighted by Gasteiger charge is -2.35. The maximum absolute atomic E-state index is 12.9. The van der Waals surface area contributed by atoms with E-state index in [0.29, 0.717) is 37.5 Å². The predicted octanol–water partition coefficient (Wildman–Crippen LogP) is 3.50. The van der Waals surface area contributed by atoms with E-state index < -0.39 is 5.60 Å². The summed E-state index contributed by atoms with van der Waals surface area (Å²) in [6.45, 7) is 11.8. The second-order valence-corrected chi connectivity index (χ2v) is 10.0. The molecule has 9 nitrogen and oxygen atoms in total. The molecule has 1 aliphatic rings. The topological polar surface area (TPSA) is 88.4 Å². The Balaban J connectivity index is 1.25. The molecule has 3 heterocycles. The second-order valence-electron chi connectivity index (χ2n) is 10.0. The Labute approximate surface area is 212 Å². The van der Waals surface area contributed by atoms with Crippen molar-refractivity contribution in [3.05, 3.63) is 65.6 Å². The van der Waals surface area contributed by atoms with Crippen LogP contribution in [-0.2, 0) is 11.3 Å². The number of pyridine rings is 1. The molecule has 1 saturated heterocycles. The minimum atomic E-state index is -0.496. The Bertz CT molecular complexity index is 1210. The Morgan fingerprint density at radius 1 is 1.06 bits per heavy atom. The fourth-order valence-corrected chi connectivity index (χ4v) is 4.11. The summed E-state index contributed by atoms with van der Waals surface area (Å²) in [7, 11) is 0. The van der Waals surface area contributed by atoms with Crippen LogP contribution in [0.2, 0.25) is 0 Å². The number of hydrogen-bond donors (Lipinski definition) is 1. The number of aromatic nitrogens is 2. The molecule has 192 valence electrons. The highest BCUT2D eigenvalue weighted by Gasteiger charge is 2.25. The molecular formula is C27H35N5O4. The van der Waals surface area contributed by atoms with Crippen LogP contribution in [0.4, 0.5) is 4.79 Å². The van der Waals surface area contributed by atoms with Gasteiger partial charge >= 0.3 is 6.09 Å². The molecule has 1 fully saturated rings. The van der Waals surface area contributed by atoms with Gasteiger partial charge in [0.1, 0.15) is 23.6 Å². The minimum Gasteiger partial charge on any atom is -0.486 e. The van der Waals surface area contributed by atoms with Crippen molar-refractivity contribution in [2.75, 3.05) is 39.3 Å². The highest BCUT2D eigenvalue weighted by Crippen LogP contribution is 2.20. The van der Waals surface area contributed by atoms with E-state index in [0.717, 1.165) is 30.0 Å². The summed E-state index contributed by atoms with van der Waals surface area (Å²) < 4.78 is 13.4. The molecule has 0 radical (unpaired) electrons. The average molecular weight is 494 g/mol. The van der Waals surface area contributed by atoms with Crippen LogP contribution in [0.25, 0.3) is 5.65 Å². The molecule has 1 aromatic carbocycles. The van der Waals surface area contributed by atoms with Crippen molar-refractivity contribution in [2.45, 2.75) is 39.9 Å². The van der Waals surface area contributed by atoms with Crippen molar-refractivity contribution in [1.29, 1.82) is 0 Å². The van der Waals surface area contributed by atoms with Gasteiger partial charge in [0.2, 0.25) is 0 Å². The van der Waals surface area contributed by atoms with Crippen molar-refractivity contribution in [3.63, 3.8) is 0 Å². The van der Waals surface area contributed by atoms with Crippen molar-refractivity contribution in [1.82, 2.24) is 24.5 Å². The number of imidazole rings is 1. The summed E-state index contributed by atoms with van der Waals surface area (Å²) in [5.74, 6) is 0.346. The fraction of sp³-hybridized carbons (Fsp3) is 0.444. The average Bonchev–Trinajstić information content (AvgIpc) is 3.27. The van der Waals surface area contributed by atoms with E-state index in [-0.39, 0.29) is 18.6 Å². The van der Waals surface area contributed by atoms with E-state index >= 15 is 0 Å². The summed E-state index contributed by atoms with van der Waals surface area (Å²) in [5, 5.41) is 2.99. The van der Waals surface area contributed by atoms with Gasteiger partial charge in [0.25, 0.3) is 5.91 Å². The van der Waals surface area contributed by atoms with Gasteiger partial charge in [-0.1, -0.05) is 18.2 Å². The highest BCUT2D eigenvalue weighted by molar-refractivity contribution is 5.96. The maximum atomic E-state index is 12.9. The molecular weight excluding hydrogens is 458 g/mol. The number of aryl methyl sites for hydroxylation is 1. The highest BCUT2D eigenvalue weighted by atomic mass is 16.6. The Kier molecular flexibility index (Phi) is 7.79. The van der Waals surface area contributed by atoms with Crippen LogP contribution in [-0.4, -0.2) is 76.1 Å². The molecule has 36 heavy (non-hydrogen) atoms. The molecule has 2 amide bonds. The van der Waals surface area contributed by atoms with Crippen LogP contribution in [0.3, 0.4) is 0 Å². The minimum absolute atomic E-state index is 0.177. The standard InChI is InChI=1S/C27H35N5O4/c1-20-8-7-12-32-18-21(29-24(20)32)19-35-23-10-6-5-9-22(23)25(33)28-11-13-30-14-16-31(17-15-30)26(34)36-27(2,3)4/h5-10,12,18H,11,13-17,19H2,1-4H3,(H,28,33). The quantitative estimate of drug-likeness (QED) is 0.542. The Morgan fingerprint density at radius 3 is 2.53 bits per heavy atom. The molecule has 0 aliphatic carbocycles. The number of fused-ring (bicyclic) bond motifs is 1. The lowest BCUT2D eigenvalue weighted by molar-refractivity contribution is 0.0147. The number of para-hydroxylation sites is 1. The summed E-state index contributed by atoms with van der Waals surface area (Å²) in [5.41, 5.74) is 2.78. The molecule has 0 bridgehead atoms. The zero-order valence-corrected chi connectivity index (χ0v) is 21.5. The van der Waals surface area contributed by atoms with E-state index in [1.165, 1.54) is 0 Å². The largest absolute Gasteiger partial charge is 0.486 e. The molecule has 0 spiro atoms. The van der Waals surface area contributed by atoms with Gasteiger partial charge in [-0.05, 0) is 51.5 Å². The Hall–Kier alpha value is -3.59. The lowest BCUT2D eigenvalue weighted by atomic mass is 10.2. The van der Waals surface area contributed by atoms with Crippen molar-refractivity contribution >= 4 is 17.6 Å². The second kappa shape index (κ2) is 11.0. The first-order valence-corrected chi connectivity index (χ1v) is 12.3. The monoisotopic (exact) mass is 493 g/mol. The molecule has 0 atom stereocenters. The van der Waals surface area contributed by atoms with Gasteiger partial charge in [0, 0.05) is 51.7 Å². The van der Waals surface area contributed by atoms with Crippen LogP contribution in [0.1, 0.15) is 42.4 Å². The maximum Gasteiger partial charge on any atom is 0.410 e. The van der Waals surface area contributed by atoms with E-state index in [1.807, 2.05) is 68.8 Å². The summed E-state index contributed by atoms with van der Waals surface area (Å²) in [4.78, 5) is 33.7. The number of hydrogen-bond acceptors (Lipinski definition) is 6. The molecule has 4 rings (SSSR count). The number of nitrogens with one attached hydrogen (secondary N) is 1. The van der Waals surface area contributed by atoms with Crippen molar-refractivity contribution in [3.8, 4) is 5.75 Å². The SMILES string of the molecule is Cc1cccn2cc(COc3ccccc3C(=O)NCCN3CCN(C(=O)OC(C)(C)C)CC3)nc12. The zero-order chi connectivity index (χ0) is 25.7. The van der Waals surface area contributed by atoms with Gasteiger partial charge in [0.15, 0.2) is 0 Å². The number of carbonyl (C=O) groups is 2. The van der Waals surface area contributed by atoms with Gasteiger partial charge < -0.3 is 24.1 Å². The van der Waals surface area contributed by atoms with Crippen LogP contribution >= 0.6 is 0 Å². The van der Waals surface area contributed by atoms with E-state index in [4.69, 9.17) is 9.47 Å².